The SMILES string of the molecule is CC(C)(O)C(C)(O)c1cc2nc(-c3cnn(C(F)F)c3)c(N3CCN(Cc4ccc(F)cc4F)CC3)nc2cn1. The minimum Gasteiger partial charge on any atom is -0.387 e. The van der Waals surface area contributed by atoms with Gasteiger partial charge in [0.25, 0.3) is 0 Å². The van der Waals surface area contributed by atoms with Crippen LogP contribution in [0.2, 0.25) is 0 Å². The van der Waals surface area contributed by atoms with E-state index >= 15 is 0 Å². The second-order valence-electron chi connectivity index (χ2n) is 10.6. The van der Waals surface area contributed by atoms with E-state index in [2.05, 4.69) is 10.1 Å². The molecule has 0 bridgehead atoms. The summed E-state index contributed by atoms with van der Waals surface area (Å²) in [6.45, 7) is 3.88. The van der Waals surface area contributed by atoms with Crippen LogP contribution < -0.4 is 4.90 Å². The van der Waals surface area contributed by atoms with E-state index in [4.69, 9.17) is 9.97 Å². The molecule has 2 N–H and O–H groups in total. The summed E-state index contributed by atoms with van der Waals surface area (Å²) >= 11 is 0. The van der Waals surface area contributed by atoms with Gasteiger partial charge in [0.15, 0.2) is 5.82 Å². The molecule has 3 aromatic heterocycles. The molecule has 5 rings (SSSR count). The van der Waals surface area contributed by atoms with Crippen LogP contribution in [0.4, 0.5) is 23.4 Å². The van der Waals surface area contributed by atoms with Gasteiger partial charge in [-0.2, -0.15) is 13.9 Å². The fraction of sp³-hybridized carbons (Fsp3) is 0.407. The van der Waals surface area contributed by atoms with Gasteiger partial charge < -0.3 is 15.1 Å². The number of aliphatic hydroxyl groups is 2. The van der Waals surface area contributed by atoms with Crippen molar-refractivity contribution in [1.82, 2.24) is 29.6 Å². The first-order valence-corrected chi connectivity index (χ1v) is 12.7. The zero-order valence-corrected chi connectivity index (χ0v) is 22.2. The number of fused-ring (bicyclic) bond motifs is 1. The van der Waals surface area contributed by atoms with Crippen molar-refractivity contribution in [1.29, 1.82) is 0 Å². The summed E-state index contributed by atoms with van der Waals surface area (Å²) in [6.07, 6.45) is 3.92. The number of halogens is 4. The summed E-state index contributed by atoms with van der Waals surface area (Å²) in [5.41, 5.74) is -1.25. The van der Waals surface area contributed by atoms with Gasteiger partial charge in [0.05, 0.1) is 29.2 Å². The van der Waals surface area contributed by atoms with Crippen molar-refractivity contribution in [3.8, 4) is 11.3 Å². The number of pyridine rings is 1. The van der Waals surface area contributed by atoms with Crippen molar-refractivity contribution in [3.63, 3.8) is 0 Å². The van der Waals surface area contributed by atoms with Crippen molar-refractivity contribution in [2.45, 2.75) is 45.1 Å². The van der Waals surface area contributed by atoms with Gasteiger partial charge in [0, 0.05) is 56.1 Å². The van der Waals surface area contributed by atoms with E-state index in [-0.39, 0.29) is 5.69 Å². The Labute approximate surface area is 227 Å². The second kappa shape index (κ2) is 10.4. The molecule has 1 saturated heterocycles. The van der Waals surface area contributed by atoms with Crippen LogP contribution in [0.1, 0.15) is 38.6 Å². The number of piperazine rings is 1. The van der Waals surface area contributed by atoms with Crippen LogP contribution in [0, 0.1) is 11.6 Å². The number of benzene rings is 1. The number of hydrogen-bond acceptors (Lipinski definition) is 8. The third-order valence-corrected chi connectivity index (χ3v) is 7.38. The van der Waals surface area contributed by atoms with Crippen LogP contribution in [-0.4, -0.2) is 71.6 Å². The van der Waals surface area contributed by atoms with E-state index in [1.807, 2.05) is 9.80 Å². The molecular formula is C27H29F4N7O2. The molecule has 40 heavy (non-hydrogen) atoms. The standard InChI is InChI=1S/C27H29F4N7O2/c1-26(2,39)27(3,40)22-11-20-21(13-32-22)35-24(23(34-20)17-12-33-38(15-17)25(30)31)37-8-6-36(7-9-37)14-16-4-5-18(28)10-19(16)29/h4-5,10-13,15,25,39-40H,6-9,14H2,1-3H3. The predicted molar refractivity (Wildman–Crippen MR) is 140 cm³/mol. The molecule has 1 fully saturated rings. The normalized spacial score (nSPS) is 16.6. The summed E-state index contributed by atoms with van der Waals surface area (Å²) in [5, 5.41) is 25.1. The number of hydrogen-bond donors (Lipinski definition) is 2. The lowest BCUT2D eigenvalue weighted by Crippen LogP contribution is -2.46. The highest BCUT2D eigenvalue weighted by Crippen LogP contribution is 2.35. The Kier molecular flexibility index (Phi) is 7.23. The van der Waals surface area contributed by atoms with E-state index in [0.717, 1.165) is 6.07 Å². The average molecular weight is 560 g/mol. The van der Waals surface area contributed by atoms with Crippen LogP contribution in [0.5, 0.6) is 0 Å². The molecule has 1 aliphatic rings. The number of aromatic nitrogens is 5. The minimum absolute atomic E-state index is 0.172. The smallest absolute Gasteiger partial charge is 0.333 e. The zero-order valence-electron chi connectivity index (χ0n) is 22.2. The summed E-state index contributed by atoms with van der Waals surface area (Å²) in [7, 11) is 0. The van der Waals surface area contributed by atoms with Gasteiger partial charge in [-0.25, -0.2) is 23.4 Å². The summed E-state index contributed by atoms with van der Waals surface area (Å²) in [4.78, 5) is 17.8. The largest absolute Gasteiger partial charge is 0.387 e. The minimum atomic E-state index is -2.83. The third-order valence-electron chi connectivity index (χ3n) is 7.38. The number of alkyl halides is 2. The molecule has 0 aliphatic carbocycles. The molecule has 0 spiro atoms. The van der Waals surface area contributed by atoms with Gasteiger partial charge in [-0.05, 0) is 32.9 Å². The van der Waals surface area contributed by atoms with E-state index in [9.17, 15) is 27.8 Å². The fourth-order valence-corrected chi connectivity index (χ4v) is 4.52. The first-order chi connectivity index (χ1) is 18.8. The Morgan fingerprint density at radius 3 is 2.30 bits per heavy atom. The second-order valence-corrected chi connectivity index (χ2v) is 10.6. The van der Waals surface area contributed by atoms with Crippen molar-refractivity contribution < 1.29 is 27.8 Å². The Hall–Kier alpha value is -3.68. The summed E-state index contributed by atoms with van der Waals surface area (Å²) in [5.74, 6) is -0.789. The highest BCUT2D eigenvalue weighted by atomic mass is 19.3. The van der Waals surface area contributed by atoms with Crippen molar-refractivity contribution >= 4 is 16.9 Å². The average Bonchev–Trinajstić information content (AvgIpc) is 3.40. The van der Waals surface area contributed by atoms with Crippen LogP contribution >= 0.6 is 0 Å². The molecule has 4 aromatic rings. The van der Waals surface area contributed by atoms with Crippen molar-refractivity contribution in [3.05, 3.63) is 65.7 Å². The van der Waals surface area contributed by atoms with Gasteiger partial charge in [-0.3, -0.25) is 9.88 Å². The molecule has 0 radical (unpaired) electrons. The van der Waals surface area contributed by atoms with E-state index in [1.165, 1.54) is 57.6 Å². The molecule has 13 heteroatoms. The van der Waals surface area contributed by atoms with Crippen molar-refractivity contribution in [2.75, 3.05) is 31.1 Å². The maximum absolute atomic E-state index is 14.2. The lowest BCUT2D eigenvalue weighted by molar-refractivity contribution is -0.127. The number of rotatable bonds is 7. The van der Waals surface area contributed by atoms with Gasteiger partial charge in [0.1, 0.15) is 28.4 Å². The van der Waals surface area contributed by atoms with E-state index < -0.39 is 29.4 Å². The third kappa shape index (κ3) is 5.36. The molecule has 1 atom stereocenters. The maximum atomic E-state index is 14.2. The number of nitrogens with zero attached hydrogens (tertiary/aromatic N) is 7. The summed E-state index contributed by atoms with van der Waals surface area (Å²) in [6, 6.07) is 5.04. The highest BCUT2D eigenvalue weighted by Gasteiger charge is 2.40. The Balaban J connectivity index is 1.48. The maximum Gasteiger partial charge on any atom is 0.333 e. The Morgan fingerprint density at radius 2 is 1.68 bits per heavy atom. The zero-order chi connectivity index (χ0) is 28.8. The highest BCUT2D eigenvalue weighted by molar-refractivity contribution is 5.83. The Bertz CT molecular complexity index is 1530. The van der Waals surface area contributed by atoms with E-state index in [1.54, 1.807) is 0 Å². The molecule has 0 amide bonds. The fourth-order valence-electron chi connectivity index (χ4n) is 4.52. The van der Waals surface area contributed by atoms with Gasteiger partial charge in [-0.1, -0.05) is 6.07 Å². The monoisotopic (exact) mass is 559 g/mol. The van der Waals surface area contributed by atoms with Crippen LogP contribution in [0.25, 0.3) is 22.3 Å². The van der Waals surface area contributed by atoms with Gasteiger partial charge in [-0.15, -0.1) is 0 Å². The molecule has 1 aliphatic heterocycles. The van der Waals surface area contributed by atoms with Crippen molar-refractivity contribution in [2.24, 2.45) is 0 Å². The molecule has 1 unspecified atom stereocenters. The van der Waals surface area contributed by atoms with E-state index in [0.29, 0.717) is 71.1 Å². The molecule has 4 heterocycles. The lowest BCUT2D eigenvalue weighted by Gasteiger charge is -2.36. The van der Waals surface area contributed by atoms with Gasteiger partial charge >= 0.3 is 6.55 Å². The first-order valence-electron chi connectivity index (χ1n) is 12.7. The molecule has 0 saturated carbocycles. The predicted octanol–water partition coefficient (Wildman–Crippen LogP) is 3.86. The lowest BCUT2D eigenvalue weighted by atomic mass is 9.84. The topological polar surface area (TPSA) is 103 Å². The van der Waals surface area contributed by atoms with Crippen LogP contribution in [-0.2, 0) is 12.1 Å². The Morgan fingerprint density at radius 1 is 0.950 bits per heavy atom. The van der Waals surface area contributed by atoms with Gasteiger partial charge in [0.2, 0.25) is 0 Å². The number of anilines is 1. The van der Waals surface area contributed by atoms with Crippen LogP contribution in [0.15, 0.2) is 42.9 Å². The summed E-state index contributed by atoms with van der Waals surface area (Å²) < 4.78 is 54.6. The molecular weight excluding hydrogens is 530 g/mol. The first kappa shape index (κ1) is 27.9. The molecule has 1 aromatic carbocycles. The molecule has 212 valence electrons. The quantitative estimate of drug-likeness (QED) is 0.329. The van der Waals surface area contributed by atoms with Crippen LogP contribution in [0.3, 0.4) is 0 Å². The molecule has 9 nitrogen and oxygen atoms in total.